The molecule has 31 heavy (non-hydrogen) atoms. The molecule has 0 bridgehead atoms. The van der Waals surface area contributed by atoms with Gasteiger partial charge in [-0.1, -0.05) is 0 Å². The lowest BCUT2D eigenvalue weighted by Gasteiger charge is -2.26. The number of furan rings is 1. The molecule has 164 valence electrons. The number of hydrogen-bond acceptors (Lipinski definition) is 5. The van der Waals surface area contributed by atoms with Crippen molar-refractivity contribution in [3.63, 3.8) is 0 Å². The van der Waals surface area contributed by atoms with Gasteiger partial charge in [0.1, 0.15) is 5.76 Å². The molecule has 8 heteroatoms. The van der Waals surface area contributed by atoms with Crippen LogP contribution in [0, 0.1) is 0 Å². The molecule has 0 spiro atoms. The number of likely N-dealkylation sites (tertiary alicyclic amines) is 1. The van der Waals surface area contributed by atoms with E-state index in [0.717, 1.165) is 43.8 Å². The molecule has 1 unspecified atom stereocenters. The quantitative estimate of drug-likeness (QED) is 0.677. The van der Waals surface area contributed by atoms with Crippen LogP contribution in [-0.4, -0.2) is 55.3 Å². The second kappa shape index (κ2) is 9.78. The molecule has 2 aromatic rings. The van der Waals surface area contributed by atoms with Crippen molar-refractivity contribution in [2.45, 2.75) is 31.7 Å². The summed E-state index contributed by atoms with van der Waals surface area (Å²) in [6.45, 7) is 3.01. The average Bonchev–Trinajstić information content (AvgIpc) is 3.56. The molecule has 0 radical (unpaired) electrons. The van der Waals surface area contributed by atoms with Crippen molar-refractivity contribution in [2.24, 2.45) is 0 Å². The number of benzene rings is 1. The van der Waals surface area contributed by atoms with Gasteiger partial charge in [-0.05, 0) is 68.8 Å². The molecule has 3 heterocycles. The summed E-state index contributed by atoms with van der Waals surface area (Å²) in [6, 6.07) is 10.7. The number of hydrogen-bond donors (Lipinski definition) is 2. The lowest BCUT2D eigenvalue weighted by Crippen LogP contribution is -2.41. The molecule has 2 fully saturated rings. The van der Waals surface area contributed by atoms with E-state index >= 15 is 0 Å². The molecule has 0 aliphatic carbocycles. The minimum atomic E-state index is -0.323. The SMILES string of the molecule is O=C(CNC(=O)c1ccc(N2CCCC2=O)cc1)NCC(c1ccco1)N1CCCC1. The Morgan fingerprint density at radius 2 is 1.77 bits per heavy atom. The lowest BCUT2D eigenvalue weighted by atomic mass is 10.2. The van der Waals surface area contributed by atoms with Gasteiger partial charge in [-0.25, -0.2) is 0 Å². The average molecular weight is 425 g/mol. The second-order valence-electron chi connectivity index (χ2n) is 7.96. The van der Waals surface area contributed by atoms with Crippen LogP contribution < -0.4 is 15.5 Å². The van der Waals surface area contributed by atoms with Gasteiger partial charge in [0.25, 0.3) is 5.91 Å². The highest BCUT2D eigenvalue weighted by Gasteiger charge is 2.26. The molecule has 0 saturated carbocycles. The number of carbonyl (C=O) groups excluding carboxylic acids is 3. The van der Waals surface area contributed by atoms with E-state index in [1.807, 2.05) is 12.1 Å². The third-order valence-corrected chi connectivity index (χ3v) is 5.87. The van der Waals surface area contributed by atoms with E-state index in [9.17, 15) is 14.4 Å². The highest BCUT2D eigenvalue weighted by molar-refractivity contribution is 5.98. The van der Waals surface area contributed by atoms with Gasteiger partial charge >= 0.3 is 0 Å². The van der Waals surface area contributed by atoms with Crippen LogP contribution in [0.5, 0.6) is 0 Å². The molecular weight excluding hydrogens is 396 g/mol. The highest BCUT2D eigenvalue weighted by atomic mass is 16.3. The summed E-state index contributed by atoms with van der Waals surface area (Å²) < 4.78 is 5.56. The number of nitrogens with one attached hydrogen (secondary N) is 2. The first kappa shape index (κ1) is 21.1. The van der Waals surface area contributed by atoms with E-state index in [1.54, 1.807) is 35.4 Å². The maximum absolute atomic E-state index is 12.4. The van der Waals surface area contributed by atoms with Crippen LogP contribution in [0.1, 0.15) is 47.8 Å². The van der Waals surface area contributed by atoms with Crippen LogP contribution in [0.2, 0.25) is 0 Å². The summed E-state index contributed by atoms with van der Waals surface area (Å²) >= 11 is 0. The fourth-order valence-electron chi connectivity index (χ4n) is 4.19. The van der Waals surface area contributed by atoms with Crippen LogP contribution in [0.25, 0.3) is 0 Å². The van der Waals surface area contributed by atoms with Crippen LogP contribution in [0.3, 0.4) is 0 Å². The van der Waals surface area contributed by atoms with Crippen molar-refractivity contribution >= 4 is 23.4 Å². The summed E-state index contributed by atoms with van der Waals surface area (Å²) in [4.78, 5) is 40.6. The predicted molar refractivity (Wildman–Crippen MR) is 116 cm³/mol. The first-order valence-corrected chi connectivity index (χ1v) is 10.8. The zero-order valence-electron chi connectivity index (χ0n) is 17.5. The van der Waals surface area contributed by atoms with Gasteiger partial charge in [-0.15, -0.1) is 0 Å². The zero-order chi connectivity index (χ0) is 21.6. The Balaban J connectivity index is 1.26. The Hall–Kier alpha value is -3.13. The Morgan fingerprint density at radius 1 is 1.00 bits per heavy atom. The summed E-state index contributed by atoms with van der Waals surface area (Å²) in [5, 5.41) is 5.56. The summed E-state index contributed by atoms with van der Waals surface area (Å²) in [6.07, 6.45) is 5.35. The van der Waals surface area contributed by atoms with E-state index in [4.69, 9.17) is 4.42 Å². The predicted octanol–water partition coefficient (Wildman–Crippen LogP) is 2.09. The summed E-state index contributed by atoms with van der Waals surface area (Å²) in [5.41, 5.74) is 1.25. The fourth-order valence-corrected chi connectivity index (χ4v) is 4.19. The number of rotatable bonds is 8. The van der Waals surface area contributed by atoms with Crippen molar-refractivity contribution in [1.82, 2.24) is 15.5 Å². The monoisotopic (exact) mass is 424 g/mol. The van der Waals surface area contributed by atoms with Gasteiger partial charge in [0.05, 0.1) is 18.8 Å². The first-order valence-electron chi connectivity index (χ1n) is 10.8. The normalized spacial score (nSPS) is 17.7. The van der Waals surface area contributed by atoms with Crippen molar-refractivity contribution in [3.05, 3.63) is 54.0 Å². The van der Waals surface area contributed by atoms with E-state index < -0.39 is 0 Å². The molecule has 2 aliphatic rings. The summed E-state index contributed by atoms with van der Waals surface area (Å²) in [5.74, 6) is 0.374. The van der Waals surface area contributed by atoms with Gasteiger partial charge in [0.2, 0.25) is 11.8 Å². The standard InChI is InChI=1S/C23H28N4O4/c28-21(24-15-19(20-5-4-14-31-20)26-11-1-2-12-26)16-25-23(30)17-7-9-18(10-8-17)27-13-3-6-22(27)29/h4-5,7-10,14,19H,1-3,6,11-13,15-16H2,(H,24,28)(H,25,30). The van der Waals surface area contributed by atoms with E-state index in [0.29, 0.717) is 25.1 Å². The zero-order valence-corrected chi connectivity index (χ0v) is 17.5. The fraction of sp³-hybridized carbons (Fsp3) is 0.435. The molecular formula is C23H28N4O4. The van der Waals surface area contributed by atoms with Gasteiger partial charge < -0.3 is 20.0 Å². The van der Waals surface area contributed by atoms with Gasteiger partial charge in [0.15, 0.2) is 0 Å². The highest BCUT2D eigenvalue weighted by Crippen LogP contribution is 2.25. The third-order valence-electron chi connectivity index (χ3n) is 5.87. The summed E-state index contributed by atoms with van der Waals surface area (Å²) in [7, 11) is 0. The Kier molecular flexibility index (Phi) is 6.66. The molecule has 2 saturated heterocycles. The molecule has 1 aromatic heterocycles. The van der Waals surface area contributed by atoms with E-state index in [-0.39, 0.29) is 30.3 Å². The van der Waals surface area contributed by atoms with Crippen LogP contribution in [-0.2, 0) is 9.59 Å². The maximum Gasteiger partial charge on any atom is 0.251 e. The Bertz CT molecular complexity index is 904. The topological polar surface area (TPSA) is 94.9 Å². The number of carbonyl (C=O) groups is 3. The number of nitrogens with zero attached hydrogens (tertiary/aromatic N) is 2. The largest absolute Gasteiger partial charge is 0.468 e. The van der Waals surface area contributed by atoms with Crippen molar-refractivity contribution in [3.8, 4) is 0 Å². The van der Waals surface area contributed by atoms with Crippen LogP contribution >= 0.6 is 0 Å². The molecule has 2 aliphatic heterocycles. The van der Waals surface area contributed by atoms with Crippen molar-refractivity contribution in [2.75, 3.05) is 37.6 Å². The lowest BCUT2D eigenvalue weighted by molar-refractivity contribution is -0.120. The molecule has 8 nitrogen and oxygen atoms in total. The minimum absolute atomic E-state index is 0.00186. The van der Waals surface area contributed by atoms with Gasteiger partial charge in [-0.2, -0.15) is 0 Å². The molecule has 3 amide bonds. The van der Waals surface area contributed by atoms with Gasteiger partial charge in [-0.3, -0.25) is 19.3 Å². The maximum atomic E-state index is 12.4. The van der Waals surface area contributed by atoms with Crippen molar-refractivity contribution in [1.29, 1.82) is 0 Å². The van der Waals surface area contributed by atoms with Crippen molar-refractivity contribution < 1.29 is 18.8 Å². The first-order chi connectivity index (χ1) is 15.1. The number of anilines is 1. The second-order valence-corrected chi connectivity index (χ2v) is 7.96. The molecule has 1 atom stereocenters. The molecule has 4 rings (SSSR count). The van der Waals surface area contributed by atoms with Crippen LogP contribution in [0.4, 0.5) is 5.69 Å². The Labute approximate surface area is 181 Å². The molecule has 2 N–H and O–H groups in total. The number of amides is 3. The minimum Gasteiger partial charge on any atom is -0.468 e. The molecule has 1 aromatic carbocycles. The smallest absolute Gasteiger partial charge is 0.251 e. The van der Waals surface area contributed by atoms with E-state index in [2.05, 4.69) is 15.5 Å². The van der Waals surface area contributed by atoms with Gasteiger partial charge in [0, 0.05) is 30.8 Å². The third kappa shape index (κ3) is 5.14. The Morgan fingerprint density at radius 3 is 2.42 bits per heavy atom. The van der Waals surface area contributed by atoms with E-state index in [1.165, 1.54) is 0 Å². The van der Waals surface area contributed by atoms with Crippen LogP contribution in [0.15, 0.2) is 47.1 Å².